The third-order valence-electron chi connectivity index (χ3n) is 7.92. The van der Waals surface area contributed by atoms with Crippen LogP contribution in [0.5, 0.6) is 0 Å². The molecule has 4 rings (SSSR count). The van der Waals surface area contributed by atoms with Gasteiger partial charge in [-0.2, -0.15) is 0 Å². The molecule has 1 aromatic rings. The van der Waals surface area contributed by atoms with E-state index < -0.39 is 77.0 Å². The van der Waals surface area contributed by atoms with Gasteiger partial charge in [0.15, 0.2) is 0 Å². The highest BCUT2D eigenvalue weighted by molar-refractivity contribution is 5.95. The van der Waals surface area contributed by atoms with Crippen LogP contribution in [0.15, 0.2) is 30.9 Å². The van der Waals surface area contributed by atoms with Crippen LogP contribution < -0.4 is 10.8 Å². The van der Waals surface area contributed by atoms with Crippen LogP contribution in [-0.4, -0.2) is 80.8 Å². The first kappa shape index (κ1) is 32.7. The van der Waals surface area contributed by atoms with Gasteiger partial charge in [0, 0.05) is 24.4 Å². The summed E-state index contributed by atoms with van der Waals surface area (Å²) < 4.78 is 25.0. The average Bonchev–Trinajstić information content (AvgIpc) is 3.24. The Hall–Kier alpha value is -4.20. The molecular weight excluding hydrogens is 579 g/mol. The fraction of sp³-hybridized carbons (Fsp3) is 0.567. The monoisotopic (exact) mass is 618 g/mol. The van der Waals surface area contributed by atoms with Gasteiger partial charge in [0.1, 0.15) is 35.1 Å². The Bertz CT molecular complexity index is 1350. The number of halogens is 1. The maximum absolute atomic E-state index is 14.2. The second kappa shape index (κ2) is 12.4. The van der Waals surface area contributed by atoms with Crippen molar-refractivity contribution in [2.75, 3.05) is 6.54 Å². The number of rotatable bonds is 9. The predicted octanol–water partition coefficient (Wildman–Crippen LogP) is 2.87. The Labute approximate surface area is 254 Å². The molecule has 2 aliphatic heterocycles. The molecule has 0 bridgehead atoms. The molecule has 0 spiro atoms. The zero-order valence-corrected chi connectivity index (χ0v) is 25.4. The van der Waals surface area contributed by atoms with Crippen LogP contribution in [0.3, 0.4) is 0 Å². The van der Waals surface area contributed by atoms with E-state index in [1.165, 1.54) is 21.9 Å². The molecule has 2 unspecified atom stereocenters. The van der Waals surface area contributed by atoms with Crippen molar-refractivity contribution in [2.45, 2.75) is 89.9 Å². The number of benzene rings is 1. The minimum absolute atomic E-state index is 0.00550. The van der Waals surface area contributed by atoms with E-state index in [1.807, 2.05) is 0 Å². The van der Waals surface area contributed by atoms with Gasteiger partial charge in [0.25, 0.3) is 0 Å². The fourth-order valence-corrected chi connectivity index (χ4v) is 5.45. The highest BCUT2D eigenvalue weighted by Crippen LogP contribution is 2.45. The number of aliphatic carboxylic acids is 1. The third kappa shape index (κ3) is 6.95. The first-order chi connectivity index (χ1) is 20.6. The van der Waals surface area contributed by atoms with Crippen molar-refractivity contribution in [3.05, 3.63) is 47.8 Å². The molecule has 240 valence electrons. The Morgan fingerprint density at radius 3 is 2.45 bits per heavy atom. The van der Waals surface area contributed by atoms with Gasteiger partial charge in [0.2, 0.25) is 11.8 Å². The van der Waals surface area contributed by atoms with Crippen LogP contribution >= 0.6 is 0 Å². The quantitative estimate of drug-likeness (QED) is 0.213. The molecule has 1 aliphatic carbocycles. The SMILES string of the molecule is C=C[C@@H]1CC1(NC(=O)[C@@H]1C[C@@H](OC(=O)N2Cc3cccc(F)c3C2)CN1C(=O)C(NOC(=O)OC(C)(C)C)C(C)C)C(=O)O. The van der Waals surface area contributed by atoms with Crippen molar-refractivity contribution in [3.8, 4) is 0 Å². The van der Waals surface area contributed by atoms with Crippen LogP contribution in [0.4, 0.5) is 14.0 Å². The lowest BCUT2D eigenvalue weighted by Crippen LogP contribution is -2.57. The number of hydrogen-bond acceptors (Lipinski definition) is 9. The molecule has 1 saturated carbocycles. The Morgan fingerprint density at radius 1 is 1.18 bits per heavy atom. The second-order valence-corrected chi connectivity index (χ2v) is 12.7. The number of likely N-dealkylation sites (tertiary alicyclic amines) is 1. The molecule has 3 aliphatic rings. The van der Waals surface area contributed by atoms with E-state index in [4.69, 9.17) is 14.3 Å². The van der Waals surface area contributed by atoms with E-state index in [-0.39, 0.29) is 32.5 Å². The van der Waals surface area contributed by atoms with Crippen LogP contribution in [0.25, 0.3) is 0 Å². The first-order valence-corrected chi connectivity index (χ1v) is 14.4. The standard InChI is InChI=1S/C30H39FN4O9/c1-7-18-12-30(18,26(38)39)32-24(36)22-11-19(42-27(40)34-13-17-9-8-10-21(31)20(17)15-34)14-35(22)25(37)23(16(2)3)33-44-28(41)43-29(4,5)6/h7-10,16,18-19,22-23,33H,1,11-15H2,2-6H3,(H,32,36)(H,38,39)/t18-,19-,22+,23?,30?/m1/s1. The van der Waals surface area contributed by atoms with E-state index in [0.29, 0.717) is 11.1 Å². The van der Waals surface area contributed by atoms with Gasteiger partial charge in [-0.25, -0.2) is 18.8 Å². The summed E-state index contributed by atoms with van der Waals surface area (Å²) in [6.45, 7) is 11.9. The number of fused-ring (bicyclic) bond motifs is 1. The number of amides is 3. The molecular formula is C30H39FN4O9. The highest BCUT2D eigenvalue weighted by atomic mass is 19.1. The van der Waals surface area contributed by atoms with E-state index >= 15 is 0 Å². The van der Waals surface area contributed by atoms with Gasteiger partial charge >= 0.3 is 18.2 Å². The van der Waals surface area contributed by atoms with Gasteiger partial charge in [-0.05, 0) is 44.7 Å². The van der Waals surface area contributed by atoms with Gasteiger partial charge in [-0.1, -0.05) is 32.1 Å². The smallest absolute Gasteiger partial charge is 0.479 e. The van der Waals surface area contributed by atoms with Gasteiger partial charge in [0.05, 0.1) is 13.1 Å². The van der Waals surface area contributed by atoms with Crippen molar-refractivity contribution in [2.24, 2.45) is 11.8 Å². The lowest BCUT2D eigenvalue weighted by atomic mass is 10.0. The molecule has 3 N–H and O–H groups in total. The lowest BCUT2D eigenvalue weighted by Gasteiger charge is -2.30. The van der Waals surface area contributed by atoms with Crippen molar-refractivity contribution >= 4 is 30.0 Å². The van der Waals surface area contributed by atoms with E-state index in [9.17, 15) is 33.5 Å². The summed E-state index contributed by atoms with van der Waals surface area (Å²) in [4.78, 5) is 72.1. The van der Waals surface area contributed by atoms with E-state index in [2.05, 4.69) is 17.4 Å². The molecule has 2 fully saturated rings. The minimum Gasteiger partial charge on any atom is -0.479 e. The van der Waals surface area contributed by atoms with Crippen molar-refractivity contribution in [1.82, 2.24) is 20.6 Å². The molecule has 44 heavy (non-hydrogen) atoms. The second-order valence-electron chi connectivity index (χ2n) is 12.7. The molecule has 1 aromatic carbocycles. The number of carbonyl (C=O) groups is 5. The summed E-state index contributed by atoms with van der Waals surface area (Å²) in [5, 5.41) is 12.4. The van der Waals surface area contributed by atoms with Crippen LogP contribution in [0, 0.1) is 17.7 Å². The van der Waals surface area contributed by atoms with Crippen LogP contribution in [0.2, 0.25) is 0 Å². The number of carboxylic acids is 1. The Balaban J connectivity index is 1.51. The third-order valence-corrected chi connectivity index (χ3v) is 7.92. The van der Waals surface area contributed by atoms with Gasteiger partial charge in [-0.3, -0.25) is 14.5 Å². The molecule has 3 amide bonds. The maximum Gasteiger partial charge on any atom is 0.528 e. The summed E-state index contributed by atoms with van der Waals surface area (Å²) in [5.41, 5.74) is 1.07. The molecule has 2 heterocycles. The zero-order valence-electron chi connectivity index (χ0n) is 25.4. The van der Waals surface area contributed by atoms with E-state index in [0.717, 1.165) is 0 Å². The molecule has 1 saturated heterocycles. The molecule has 5 atom stereocenters. The van der Waals surface area contributed by atoms with E-state index in [1.54, 1.807) is 46.8 Å². The van der Waals surface area contributed by atoms with Gasteiger partial charge in [-0.15, -0.1) is 12.1 Å². The summed E-state index contributed by atoms with van der Waals surface area (Å²) in [6.07, 6.45) is -1.28. The fourth-order valence-electron chi connectivity index (χ4n) is 5.45. The number of nitrogens with one attached hydrogen (secondary N) is 2. The lowest BCUT2D eigenvalue weighted by molar-refractivity contribution is -0.147. The Kier molecular flexibility index (Phi) is 9.24. The summed E-state index contributed by atoms with van der Waals surface area (Å²) >= 11 is 0. The number of ether oxygens (including phenoxy) is 2. The first-order valence-electron chi connectivity index (χ1n) is 14.4. The van der Waals surface area contributed by atoms with Crippen LogP contribution in [0.1, 0.15) is 58.6 Å². The van der Waals surface area contributed by atoms with Crippen LogP contribution in [-0.2, 0) is 41.8 Å². The zero-order chi connectivity index (χ0) is 32.6. The number of hydrogen-bond donors (Lipinski definition) is 3. The molecule has 14 heteroatoms. The molecule has 0 radical (unpaired) electrons. The maximum atomic E-state index is 14.2. The van der Waals surface area contributed by atoms with Crippen molar-refractivity contribution < 1.29 is 47.8 Å². The topological polar surface area (TPSA) is 164 Å². The molecule has 13 nitrogen and oxygen atoms in total. The Morgan fingerprint density at radius 2 is 1.89 bits per heavy atom. The van der Waals surface area contributed by atoms with Gasteiger partial charge < -0.3 is 29.6 Å². The normalized spacial score (nSPS) is 24.8. The molecule has 0 aromatic heterocycles. The summed E-state index contributed by atoms with van der Waals surface area (Å²) in [7, 11) is 0. The number of nitrogens with zero attached hydrogens (tertiary/aromatic N) is 2. The number of hydroxylamine groups is 1. The summed E-state index contributed by atoms with van der Waals surface area (Å²) in [5.74, 6) is -3.98. The summed E-state index contributed by atoms with van der Waals surface area (Å²) in [6, 6.07) is 2.24. The largest absolute Gasteiger partial charge is 0.528 e. The van der Waals surface area contributed by atoms with Crippen molar-refractivity contribution in [3.63, 3.8) is 0 Å². The number of carbonyl (C=O) groups excluding carboxylic acids is 4. The van der Waals surface area contributed by atoms with Crippen molar-refractivity contribution in [1.29, 1.82) is 0 Å². The highest BCUT2D eigenvalue weighted by Gasteiger charge is 2.61. The average molecular weight is 619 g/mol. The predicted molar refractivity (Wildman–Crippen MR) is 152 cm³/mol. The number of carboxylic acid groups (broad SMARTS) is 1. The minimum atomic E-state index is -1.55.